The third kappa shape index (κ3) is 3.60. The first-order chi connectivity index (χ1) is 9.45. The van der Waals surface area contributed by atoms with Gasteiger partial charge in [-0.3, -0.25) is 0 Å². The van der Waals surface area contributed by atoms with Crippen molar-refractivity contribution < 1.29 is 9.13 Å². The Balaban J connectivity index is 2.14. The van der Waals surface area contributed by atoms with Crippen molar-refractivity contribution in [3.05, 3.63) is 34.1 Å². The number of methoxy groups -OCH3 is 1. The topological polar surface area (TPSA) is 35.2 Å². The molecule has 1 aromatic carbocycles. The van der Waals surface area contributed by atoms with Crippen LogP contribution in [0.3, 0.4) is 0 Å². The van der Waals surface area contributed by atoms with Crippen LogP contribution < -0.4 is 5.73 Å². The van der Waals surface area contributed by atoms with Crippen LogP contribution in [0.15, 0.2) is 22.7 Å². The summed E-state index contributed by atoms with van der Waals surface area (Å²) in [6.07, 6.45) is 5.00. The largest absolute Gasteiger partial charge is 0.377 e. The maximum atomic E-state index is 13.5. The average molecular weight is 344 g/mol. The van der Waals surface area contributed by atoms with Gasteiger partial charge in [0.15, 0.2) is 0 Å². The summed E-state index contributed by atoms with van der Waals surface area (Å²) < 4.78 is 20.0. The van der Waals surface area contributed by atoms with Gasteiger partial charge < -0.3 is 10.5 Å². The second kappa shape index (κ2) is 6.54. The minimum atomic E-state index is -0.267. The SMILES string of the molecule is COC1(C(N)Cc2cc(F)cc(Br)c2)CCCC(C)C1. The first-order valence-corrected chi connectivity index (χ1v) is 8.00. The molecule has 2 nitrogen and oxygen atoms in total. The highest BCUT2D eigenvalue weighted by molar-refractivity contribution is 9.10. The van der Waals surface area contributed by atoms with E-state index in [4.69, 9.17) is 10.5 Å². The molecule has 0 amide bonds. The molecule has 0 spiro atoms. The summed E-state index contributed by atoms with van der Waals surface area (Å²) in [6.45, 7) is 2.25. The van der Waals surface area contributed by atoms with Gasteiger partial charge in [0.1, 0.15) is 5.82 Å². The van der Waals surface area contributed by atoms with Crippen molar-refractivity contribution in [3.63, 3.8) is 0 Å². The molecule has 2 N–H and O–H groups in total. The van der Waals surface area contributed by atoms with E-state index in [9.17, 15) is 4.39 Å². The second-order valence-corrected chi connectivity index (χ2v) is 6.97. The first-order valence-electron chi connectivity index (χ1n) is 7.21. The zero-order valence-electron chi connectivity index (χ0n) is 12.2. The molecule has 0 radical (unpaired) electrons. The van der Waals surface area contributed by atoms with Crippen LogP contribution in [-0.4, -0.2) is 18.8 Å². The molecule has 4 heteroatoms. The van der Waals surface area contributed by atoms with E-state index >= 15 is 0 Å². The maximum Gasteiger partial charge on any atom is 0.124 e. The van der Waals surface area contributed by atoms with E-state index < -0.39 is 0 Å². The van der Waals surface area contributed by atoms with E-state index in [1.807, 2.05) is 6.07 Å². The van der Waals surface area contributed by atoms with Gasteiger partial charge in [0.25, 0.3) is 0 Å². The van der Waals surface area contributed by atoms with E-state index in [-0.39, 0.29) is 17.5 Å². The number of benzene rings is 1. The molecule has 3 atom stereocenters. The summed E-state index contributed by atoms with van der Waals surface area (Å²) >= 11 is 3.33. The highest BCUT2D eigenvalue weighted by Crippen LogP contribution is 2.37. The fourth-order valence-corrected chi connectivity index (χ4v) is 3.90. The molecule has 112 valence electrons. The number of nitrogens with two attached hydrogens (primary N) is 1. The molecule has 1 saturated carbocycles. The number of ether oxygens (including phenoxy) is 1. The van der Waals surface area contributed by atoms with Gasteiger partial charge in [0.2, 0.25) is 0 Å². The molecule has 20 heavy (non-hydrogen) atoms. The molecule has 0 bridgehead atoms. The lowest BCUT2D eigenvalue weighted by atomic mass is 9.73. The quantitative estimate of drug-likeness (QED) is 0.894. The van der Waals surface area contributed by atoms with Gasteiger partial charge in [-0.05, 0) is 48.9 Å². The molecule has 1 fully saturated rings. The third-order valence-corrected chi connectivity index (χ3v) is 4.91. The third-order valence-electron chi connectivity index (χ3n) is 4.45. The van der Waals surface area contributed by atoms with Crippen LogP contribution in [0.25, 0.3) is 0 Å². The van der Waals surface area contributed by atoms with Crippen molar-refractivity contribution in [1.82, 2.24) is 0 Å². The molecule has 0 aromatic heterocycles. The number of hydrogen-bond donors (Lipinski definition) is 1. The zero-order valence-corrected chi connectivity index (χ0v) is 13.7. The van der Waals surface area contributed by atoms with Crippen LogP contribution in [0.4, 0.5) is 4.39 Å². The van der Waals surface area contributed by atoms with Gasteiger partial charge in [0, 0.05) is 17.6 Å². The zero-order chi connectivity index (χ0) is 14.8. The van der Waals surface area contributed by atoms with E-state index in [1.165, 1.54) is 12.5 Å². The molecule has 1 aromatic rings. The van der Waals surface area contributed by atoms with E-state index in [1.54, 1.807) is 13.2 Å². The van der Waals surface area contributed by atoms with Crippen LogP contribution in [-0.2, 0) is 11.2 Å². The standard InChI is InChI=1S/C16H23BrFNO/c1-11-4-3-5-16(10-11,20-2)15(19)8-12-6-13(17)9-14(18)7-12/h6-7,9,11,15H,3-5,8,10,19H2,1-2H3. The van der Waals surface area contributed by atoms with Crippen LogP contribution in [0.2, 0.25) is 0 Å². The molecule has 1 aliphatic rings. The normalized spacial score (nSPS) is 28.4. The van der Waals surface area contributed by atoms with Gasteiger partial charge >= 0.3 is 0 Å². The minimum absolute atomic E-state index is 0.107. The molecular weight excluding hydrogens is 321 g/mol. The summed E-state index contributed by atoms with van der Waals surface area (Å²) in [6, 6.07) is 4.84. The fourth-order valence-electron chi connectivity index (χ4n) is 3.39. The van der Waals surface area contributed by atoms with Crippen molar-refractivity contribution in [2.75, 3.05) is 7.11 Å². The lowest BCUT2D eigenvalue weighted by Crippen LogP contribution is -2.53. The maximum absolute atomic E-state index is 13.5. The van der Waals surface area contributed by atoms with Gasteiger partial charge in [-0.2, -0.15) is 0 Å². The summed E-state index contributed by atoms with van der Waals surface area (Å²) in [5, 5.41) is 0. The van der Waals surface area contributed by atoms with Crippen molar-refractivity contribution in [2.24, 2.45) is 11.7 Å². The first kappa shape index (κ1) is 15.9. The highest BCUT2D eigenvalue weighted by atomic mass is 79.9. The Bertz CT molecular complexity index is 448. The predicted molar refractivity (Wildman–Crippen MR) is 83.2 cm³/mol. The Hall–Kier alpha value is -0.450. The molecule has 1 aliphatic carbocycles. The Morgan fingerprint density at radius 3 is 2.85 bits per heavy atom. The molecule has 2 rings (SSSR count). The van der Waals surface area contributed by atoms with Gasteiger partial charge in [-0.15, -0.1) is 0 Å². The van der Waals surface area contributed by atoms with E-state index in [0.29, 0.717) is 12.3 Å². The van der Waals surface area contributed by atoms with Crippen LogP contribution in [0, 0.1) is 11.7 Å². The van der Waals surface area contributed by atoms with Crippen LogP contribution >= 0.6 is 15.9 Å². The predicted octanol–water partition coefficient (Wildman–Crippen LogP) is 4.05. The lowest BCUT2D eigenvalue weighted by molar-refractivity contribution is -0.0705. The smallest absolute Gasteiger partial charge is 0.124 e. The molecule has 0 aliphatic heterocycles. The Labute approximate surface area is 129 Å². The van der Waals surface area contributed by atoms with Gasteiger partial charge in [-0.25, -0.2) is 4.39 Å². The summed E-state index contributed by atoms with van der Waals surface area (Å²) in [5.41, 5.74) is 7.07. The highest BCUT2D eigenvalue weighted by Gasteiger charge is 2.40. The number of hydrogen-bond acceptors (Lipinski definition) is 2. The summed E-state index contributed by atoms with van der Waals surface area (Å²) in [4.78, 5) is 0. The van der Waals surface area contributed by atoms with Gasteiger partial charge in [-0.1, -0.05) is 35.7 Å². The lowest BCUT2D eigenvalue weighted by Gasteiger charge is -2.43. The minimum Gasteiger partial charge on any atom is -0.377 e. The fraction of sp³-hybridized carbons (Fsp3) is 0.625. The Morgan fingerprint density at radius 1 is 1.50 bits per heavy atom. The van der Waals surface area contributed by atoms with Gasteiger partial charge in [0.05, 0.1) is 5.60 Å². The Kier molecular flexibility index (Phi) is 5.21. The molecule has 0 saturated heterocycles. The average Bonchev–Trinajstić information content (AvgIpc) is 2.37. The van der Waals surface area contributed by atoms with Crippen molar-refractivity contribution in [3.8, 4) is 0 Å². The van der Waals surface area contributed by atoms with E-state index in [2.05, 4.69) is 22.9 Å². The molecule has 0 heterocycles. The summed E-state index contributed by atoms with van der Waals surface area (Å²) in [7, 11) is 1.75. The van der Waals surface area contributed by atoms with Crippen molar-refractivity contribution in [1.29, 1.82) is 0 Å². The second-order valence-electron chi connectivity index (χ2n) is 6.06. The number of rotatable bonds is 4. The van der Waals surface area contributed by atoms with E-state index in [0.717, 1.165) is 29.3 Å². The molecule has 3 unspecified atom stereocenters. The summed E-state index contributed by atoms with van der Waals surface area (Å²) in [5.74, 6) is 0.402. The monoisotopic (exact) mass is 343 g/mol. The molecular formula is C16H23BrFNO. The van der Waals surface area contributed by atoms with Crippen LogP contribution in [0.1, 0.15) is 38.2 Å². The number of halogens is 2. The van der Waals surface area contributed by atoms with Crippen LogP contribution in [0.5, 0.6) is 0 Å². The Morgan fingerprint density at radius 2 is 2.25 bits per heavy atom. The van der Waals surface area contributed by atoms with Crippen molar-refractivity contribution >= 4 is 15.9 Å². The van der Waals surface area contributed by atoms with Crippen molar-refractivity contribution in [2.45, 2.75) is 50.7 Å².